The summed E-state index contributed by atoms with van der Waals surface area (Å²) in [6.45, 7) is 7.67. The number of esters is 1. The summed E-state index contributed by atoms with van der Waals surface area (Å²) >= 11 is 0. The summed E-state index contributed by atoms with van der Waals surface area (Å²) in [7, 11) is -3.94. The van der Waals surface area contributed by atoms with Gasteiger partial charge in [-0.2, -0.15) is 4.31 Å². The predicted molar refractivity (Wildman–Crippen MR) is 156 cm³/mol. The predicted octanol–water partition coefficient (Wildman–Crippen LogP) is 5.19. The molecular weight excluding hydrogens is 592 g/mol. The van der Waals surface area contributed by atoms with E-state index >= 15 is 0 Å². The molecule has 0 amide bonds. The third-order valence-corrected chi connectivity index (χ3v) is 10.2. The highest BCUT2D eigenvalue weighted by molar-refractivity contribution is 7.89. The van der Waals surface area contributed by atoms with Crippen LogP contribution in [0.1, 0.15) is 77.7 Å². The minimum atomic E-state index is -3.94. The molecule has 6 rings (SSSR count). The van der Waals surface area contributed by atoms with E-state index in [1.165, 1.54) is 14.9 Å². The van der Waals surface area contributed by atoms with E-state index in [2.05, 4.69) is 15.2 Å². The quantitative estimate of drug-likeness (QED) is 0.246. The number of rotatable bonds is 8. The first-order valence-corrected chi connectivity index (χ1v) is 15.9. The molecule has 3 aromatic heterocycles. The SMILES string of the molecule is CCOC(=O)CC(c1ccc(C)c(CN2CC3(CC3)Oc3ncc(C)cc3S2(=O)=O)c1)c1ccn2c(C(F)F)nnc2c1C. The molecule has 1 aliphatic carbocycles. The van der Waals surface area contributed by atoms with Gasteiger partial charge in [0, 0.05) is 24.9 Å². The van der Waals surface area contributed by atoms with Gasteiger partial charge in [-0.3, -0.25) is 9.20 Å². The lowest BCUT2D eigenvalue weighted by molar-refractivity contribution is -0.143. The summed E-state index contributed by atoms with van der Waals surface area (Å²) in [5, 5.41) is 7.66. The molecule has 44 heavy (non-hydrogen) atoms. The van der Waals surface area contributed by atoms with E-state index in [4.69, 9.17) is 9.47 Å². The van der Waals surface area contributed by atoms with Crippen molar-refractivity contribution in [2.24, 2.45) is 0 Å². The van der Waals surface area contributed by atoms with Crippen LogP contribution in [0.2, 0.25) is 0 Å². The largest absolute Gasteiger partial charge is 0.469 e. The Morgan fingerprint density at radius 2 is 1.91 bits per heavy atom. The second kappa shape index (κ2) is 11.2. The second-order valence-corrected chi connectivity index (χ2v) is 13.5. The summed E-state index contributed by atoms with van der Waals surface area (Å²) in [5.41, 5.74) is 4.07. The molecule has 10 nitrogen and oxygen atoms in total. The fraction of sp³-hybridized carbons (Fsp3) is 0.419. The number of aromatic nitrogens is 4. The van der Waals surface area contributed by atoms with Crippen LogP contribution in [-0.4, -0.2) is 57.0 Å². The van der Waals surface area contributed by atoms with Crippen LogP contribution in [0.3, 0.4) is 0 Å². The van der Waals surface area contributed by atoms with Crippen molar-refractivity contribution in [2.45, 2.75) is 76.3 Å². The molecule has 1 saturated carbocycles. The Morgan fingerprint density at radius 3 is 2.61 bits per heavy atom. The normalized spacial score (nSPS) is 17.7. The highest BCUT2D eigenvalue weighted by Gasteiger charge is 2.52. The summed E-state index contributed by atoms with van der Waals surface area (Å²) in [4.78, 5) is 17.2. The third-order valence-electron chi connectivity index (χ3n) is 8.42. The average molecular weight is 626 g/mol. The maximum Gasteiger partial charge on any atom is 0.306 e. The van der Waals surface area contributed by atoms with Gasteiger partial charge >= 0.3 is 5.97 Å². The number of halogens is 2. The number of nitrogens with zero attached hydrogens (tertiary/aromatic N) is 5. The van der Waals surface area contributed by atoms with E-state index in [1.807, 2.05) is 25.1 Å². The number of benzene rings is 1. The van der Waals surface area contributed by atoms with Gasteiger partial charge in [-0.25, -0.2) is 22.2 Å². The van der Waals surface area contributed by atoms with Crippen molar-refractivity contribution < 1.29 is 31.5 Å². The first-order valence-electron chi connectivity index (χ1n) is 14.5. The van der Waals surface area contributed by atoms with Crippen LogP contribution in [-0.2, 0) is 26.1 Å². The molecule has 13 heteroatoms. The number of sulfonamides is 1. The van der Waals surface area contributed by atoms with Crippen LogP contribution in [0.15, 0.2) is 47.6 Å². The fourth-order valence-electron chi connectivity index (χ4n) is 5.82. The maximum absolute atomic E-state index is 14.0. The van der Waals surface area contributed by atoms with Crippen molar-refractivity contribution in [3.05, 3.63) is 81.9 Å². The summed E-state index contributed by atoms with van der Waals surface area (Å²) in [6, 6.07) is 8.99. The lowest BCUT2D eigenvalue weighted by atomic mass is 9.85. The third kappa shape index (κ3) is 5.43. The van der Waals surface area contributed by atoms with Crippen LogP contribution < -0.4 is 4.74 Å². The zero-order valence-corrected chi connectivity index (χ0v) is 25.7. The van der Waals surface area contributed by atoms with Gasteiger partial charge in [-0.15, -0.1) is 10.2 Å². The molecule has 2 aliphatic rings. The molecule has 1 fully saturated rings. The van der Waals surface area contributed by atoms with Gasteiger partial charge in [0.2, 0.25) is 21.7 Å². The number of hydrogen-bond donors (Lipinski definition) is 0. The van der Waals surface area contributed by atoms with Crippen LogP contribution in [0.5, 0.6) is 5.88 Å². The maximum atomic E-state index is 14.0. The van der Waals surface area contributed by atoms with Gasteiger partial charge in [0.1, 0.15) is 10.5 Å². The second-order valence-electron chi connectivity index (χ2n) is 11.6. The van der Waals surface area contributed by atoms with E-state index in [-0.39, 0.29) is 42.5 Å². The Morgan fingerprint density at radius 1 is 1.14 bits per heavy atom. The fourth-order valence-corrected chi connectivity index (χ4v) is 7.46. The van der Waals surface area contributed by atoms with Gasteiger partial charge in [0.05, 0.1) is 19.6 Å². The first-order chi connectivity index (χ1) is 20.9. The summed E-state index contributed by atoms with van der Waals surface area (Å²) in [6.07, 6.45) is 1.73. The van der Waals surface area contributed by atoms with E-state index in [0.717, 1.165) is 29.5 Å². The van der Waals surface area contributed by atoms with Gasteiger partial charge < -0.3 is 9.47 Å². The van der Waals surface area contributed by atoms with Crippen molar-refractivity contribution in [3.8, 4) is 5.88 Å². The molecule has 1 atom stereocenters. The minimum absolute atomic E-state index is 0.0134. The van der Waals surface area contributed by atoms with Crippen LogP contribution in [0.4, 0.5) is 8.78 Å². The molecule has 1 spiro atoms. The zero-order valence-electron chi connectivity index (χ0n) is 24.9. The number of carbonyl (C=O) groups is 1. The Bertz CT molecular complexity index is 1870. The number of alkyl halides is 2. The average Bonchev–Trinajstić information content (AvgIpc) is 3.59. The number of aryl methyl sites for hydroxylation is 3. The number of pyridine rings is 2. The van der Waals surface area contributed by atoms with Crippen molar-refractivity contribution in [1.29, 1.82) is 0 Å². The van der Waals surface area contributed by atoms with Crippen molar-refractivity contribution in [3.63, 3.8) is 0 Å². The Hall–Kier alpha value is -3.97. The molecule has 0 bridgehead atoms. The van der Waals surface area contributed by atoms with Gasteiger partial charge in [0.25, 0.3) is 6.43 Å². The molecule has 0 radical (unpaired) electrons. The van der Waals surface area contributed by atoms with E-state index in [9.17, 15) is 22.0 Å². The van der Waals surface area contributed by atoms with Crippen molar-refractivity contribution >= 4 is 21.6 Å². The van der Waals surface area contributed by atoms with Gasteiger partial charge in [-0.05, 0) is 86.1 Å². The Balaban J connectivity index is 1.41. The smallest absolute Gasteiger partial charge is 0.306 e. The molecule has 1 aromatic carbocycles. The summed E-state index contributed by atoms with van der Waals surface area (Å²) < 4.78 is 69.1. The highest BCUT2D eigenvalue weighted by atomic mass is 32.2. The van der Waals surface area contributed by atoms with Crippen LogP contribution >= 0.6 is 0 Å². The Kier molecular flexibility index (Phi) is 7.65. The molecule has 4 heterocycles. The van der Waals surface area contributed by atoms with Crippen molar-refractivity contribution in [2.75, 3.05) is 13.2 Å². The standard InChI is InChI=1S/C31H33F2N5O5S/c1-5-42-26(39)14-24(23-8-11-38-28(20(23)4)35-36-29(38)27(32)33)21-7-6-19(3)22(13-21)16-37-17-31(9-10-31)43-30-25(44(37,40)41)12-18(2)15-34-30/h6-8,11-13,15,24,27H,5,9-10,14,16-17H2,1-4H3. The van der Waals surface area contributed by atoms with E-state index < -0.39 is 39.8 Å². The molecule has 232 valence electrons. The van der Waals surface area contributed by atoms with Gasteiger partial charge in [-0.1, -0.05) is 18.2 Å². The van der Waals surface area contributed by atoms with E-state index in [1.54, 1.807) is 39.1 Å². The van der Waals surface area contributed by atoms with Gasteiger partial charge in [0.15, 0.2) is 5.65 Å². The Labute approximate surface area is 254 Å². The molecule has 1 aliphatic heterocycles. The number of hydrogen-bond acceptors (Lipinski definition) is 8. The molecular formula is C31H33F2N5O5S. The topological polar surface area (TPSA) is 116 Å². The number of fused-ring (bicyclic) bond motifs is 2. The number of carbonyl (C=O) groups excluding carboxylic acids is 1. The van der Waals surface area contributed by atoms with Crippen LogP contribution in [0.25, 0.3) is 5.65 Å². The van der Waals surface area contributed by atoms with E-state index in [0.29, 0.717) is 16.7 Å². The monoisotopic (exact) mass is 625 g/mol. The van der Waals surface area contributed by atoms with Crippen molar-refractivity contribution in [1.82, 2.24) is 23.9 Å². The highest BCUT2D eigenvalue weighted by Crippen LogP contribution is 2.46. The lowest BCUT2D eigenvalue weighted by Gasteiger charge is -2.25. The summed E-state index contributed by atoms with van der Waals surface area (Å²) in [5.74, 6) is -1.27. The molecule has 0 saturated heterocycles. The zero-order chi connectivity index (χ0) is 31.4. The minimum Gasteiger partial charge on any atom is -0.469 e. The lowest BCUT2D eigenvalue weighted by Crippen LogP contribution is -2.38. The number of ether oxygens (including phenoxy) is 2. The van der Waals surface area contributed by atoms with Crippen LogP contribution in [0, 0.1) is 20.8 Å². The first kappa shape index (κ1) is 30.1. The molecule has 0 N–H and O–H groups in total. The molecule has 1 unspecified atom stereocenters. The molecule has 4 aromatic rings.